The van der Waals surface area contributed by atoms with E-state index in [0.29, 0.717) is 11.4 Å². The van der Waals surface area contributed by atoms with E-state index >= 15 is 0 Å². The van der Waals surface area contributed by atoms with Gasteiger partial charge in [-0.05, 0) is 30.7 Å². The summed E-state index contributed by atoms with van der Waals surface area (Å²) in [6.45, 7) is 1.95. The minimum Gasteiger partial charge on any atom is -0.495 e. The van der Waals surface area contributed by atoms with E-state index in [1.54, 1.807) is 13.2 Å². The third kappa shape index (κ3) is 2.82. The lowest BCUT2D eigenvalue weighted by Crippen LogP contribution is -2.04. The molecule has 0 aliphatic carbocycles. The van der Waals surface area contributed by atoms with Crippen LogP contribution in [0.1, 0.15) is 15.9 Å². The standard InChI is InChI=1S/C14H14N2O3/c1-9-3-4-13(19-2)12(7-9)16-11-5-6-15-8-10(11)14(17)18/h3-8H,1-2H3,(H,15,16)(H,17,18). The number of pyridine rings is 1. The number of methoxy groups -OCH3 is 1. The molecule has 0 saturated carbocycles. The molecule has 0 amide bonds. The summed E-state index contributed by atoms with van der Waals surface area (Å²) in [6, 6.07) is 7.27. The van der Waals surface area contributed by atoms with Crippen molar-refractivity contribution in [2.45, 2.75) is 6.92 Å². The molecule has 1 aromatic carbocycles. The van der Waals surface area contributed by atoms with E-state index in [1.165, 1.54) is 12.4 Å². The van der Waals surface area contributed by atoms with Gasteiger partial charge in [-0.15, -0.1) is 0 Å². The lowest BCUT2D eigenvalue weighted by molar-refractivity contribution is 0.0697. The Hall–Kier alpha value is -2.56. The van der Waals surface area contributed by atoms with Crippen LogP contribution in [0.3, 0.4) is 0 Å². The summed E-state index contributed by atoms with van der Waals surface area (Å²) >= 11 is 0. The number of hydrogen-bond acceptors (Lipinski definition) is 4. The van der Waals surface area contributed by atoms with Crippen LogP contribution >= 0.6 is 0 Å². The van der Waals surface area contributed by atoms with Gasteiger partial charge in [-0.25, -0.2) is 4.79 Å². The average Bonchev–Trinajstić information content (AvgIpc) is 2.39. The van der Waals surface area contributed by atoms with Gasteiger partial charge in [0.05, 0.1) is 18.5 Å². The van der Waals surface area contributed by atoms with Crippen LogP contribution in [0.25, 0.3) is 0 Å². The van der Waals surface area contributed by atoms with Crippen molar-refractivity contribution in [3.8, 4) is 5.75 Å². The molecule has 0 atom stereocenters. The summed E-state index contributed by atoms with van der Waals surface area (Å²) in [6.07, 6.45) is 2.85. The Kier molecular flexibility index (Phi) is 3.66. The number of hydrogen-bond donors (Lipinski definition) is 2. The monoisotopic (exact) mass is 258 g/mol. The Labute approximate surface area is 110 Å². The highest BCUT2D eigenvalue weighted by molar-refractivity contribution is 5.95. The third-order valence-corrected chi connectivity index (χ3v) is 2.68. The summed E-state index contributed by atoms with van der Waals surface area (Å²) in [4.78, 5) is 14.9. The van der Waals surface area contributed by atoms with Gasteiger partial charge in [0, 0.05) is 12.4 Å². The van der Waals surface area contributed by atoms with Crippen LogP contribution < -0.4 is 10.1 Å². The highest BCUT2D eigenvalue weighted by atomic mass is 16.5. The first kappa shape index (κ1) is 12.9. The maximum absolute atomic E-state index is 11.1. The number of aryl methyl sites for hydroxylation is 1. The van der Waals surface area contributed by atoms with Gasteiger partial charge in [0.15, 0.2) is 0 Å². The largest absolute Gasteiger partial charge is 0.495 e. The van der Waals surface area contributed by atoms with Gasteiger partial charge in [-0.3, -0.25) is 4.98 Å². The van der Waals surface area contributed by atoms with Crippen molar-refractivity contribution in [2.75, 3.05) is 12.4 Å². The van der Waals surface area contributed by atoms with Crippen molar-refractivity contribution in [1.82, 2.24) is 4.98 Å². The summed E-state index contributed by atoms with van der Waals surface area (Å²) in [5.74, 6) is -0.374. The molecule has 19 heavy (non-hydrogen) atoms. The molecule has 2 aromatic rings. The molecule has 0 unspecified atom stereocenters. The summed E-state index contributed by atoms with van der Waals surface area (Å²) < 4.78 is 5.25. The first-order valence-corrected chi connectivity index (χ1v) is 5.71. The Morgan fingerprint density at radius 2 is 2.11 bits per heavy atom. The molecule has 0 saturated heterocycles. The number of aromatic nitrogens is 1. The van der Waals surface area contributed by atoms with Gasteiger partial charge in [-0.2, -0.15) is 0 Å². The minimum absolute atomic E-state index is 0.117. The van der Waals surface area contributed by atoms with Gasteiger partial charge in [-0.1, -0.05) is 6.07 Å². The zero-order valence-corrected chi connectivity index (χ0v) is 10.7. The quantitative estimate of drug-likeness (QED) is 0.882. The molecule has 0 aliphatic rings. The first-order valence-electron chi connectivity index (χ1n) is 5.71. The van der Waals surface area contributed by atoms with Crippen LogP contribution in [0, 0.1) is 6.92 Å². The molecule has 0 radical (unpaired) electrons. The van der Waals surface area contributed by atoms with Crippen molar-refractivity contribution >= 4 is 17.3 Å². The van der Waals surface area contributed by atoms with Gasteiger partial charge < -0.3 is 15.2 Å². The van der Waals surface area contributed by atoms with Crippen molar-refractivity contribution < 1.29 is 14.6 Å². The van der Waals surface area contributed by atoms with Crippen molar-refractivity contribution in [3.63, 3.8) is 0 Å². The first-order chi connectivity index (χ1) is 9.11. The van der Waals surface area contributed by atoms with E-state index in [2.05, 4.69) is 10.3 Å². The summed E-state index contributed by atoms with van der Waals surface area (Å²) in [5, 5.41) is 12.2. The fourth-order valence-electron chi connectivity index (χ4n) is 1.74. The average molecular weight is 258 g/mol. The Morgan fingerprint density at radius 3 is 2.79 bits per heavy atom. The number of carbonyl (C=O) groups is 1. The number of anilines is 2. The van der Waals surface area contributed by atoms with E-state index in [-0.39, 0.29) is 5.56 Å². The van der Waals surface area contributed by atoms with Crippen LogP contribution in [-0.2, 0) is 0 Å². The summed E-state index contributed by atoms with van der Waals surface area (Å²) in [5.41, 5.74) is 2.36. The molecule has 5 nitrogen and oxygen atoms in total. The van der Waals surface area contributed by atoms with E-state index in [4.69, 9.17) is 9.84 Å². The smallest absolute Gasteiger partial charge is 0.339 e. The fraction of sp³-hybridized carbons (Fsp3) is 0.143. The number of benzene rings is 1. The van der Waals surface area contributed by atoms with Crippen LogP contribution in [0.5, 0.6) is 5.75 Å². The van der Waals surface area contributed by atoms with Gasteiger partial charge in [0.2, 0.25) is 0 Å². The number of ether oxygens (including phenoxy) is 1. The van der Waals surface area contributed by atoms with Crippen molar-refractivity contribution in [1.29, 1.82) is 0 Å². The topological polar surface area (TPSA) is 71.5 Å². The zero-order chi connectivity index (χ0) is 13.8. The molecule has 0 bridgehead atoms. The molecule has 98 valence electrons. The second kappa shape index (κ2) is 5.39. The maximum Gasteiger partial charge on any atom is 0.339 e. The molecular formula is C14H14N2O3. The Balaban J connectivity index is 2.41. The lowest BCUT2D eigenvalue weighted by atomic mass is 10.2. The normalized spacial score (nSPS) is 10.0. The molecule has 0 spiro atoms. The van der Waals surface area contributed by atoms with E-state index in [1.807, 2.05) is 25.1 Å². The van der Waals surface area contributed by atoms with Gasteiger partial charge >= 0.3 is 5.97 Å². The second-order valence-electron chi connectivity index (χ2n) is 4.06. The Bertz CT molecular complexity index is 611. The molecule has 0 fully saturated rings. The van der Waals surface area contributed by atoms with E-state index in [0.717, 1.165) is 11.3 Å². The number of nitrogens with one attached hydrogen (secondary N) is 1. The fourth-order valence-corrected chi connectivity index (χ4v) is 1.74. The van der Waals surface area contributed by atoms with Crippen LogP contribution in [-0.4, -0.2) is 23.2 Å². The molecule has 1 aromatic heterocycles. The number of carboxylic acid groups (broad SMARTS) is 1. The maximum atomic E-state index is 11.1. The molecule has 2 N–H and O–H groups in total. The third-order valence-electron chi connectivity index (χ3n) is 2.68. The number of rotatable bonds is 4. The van der Waals surface area contributed by atoms with Gasteiger partial charge in [0.1, 0.15) is 11.3 Å². The molecule has 5 heteroatoms. The molecular weight excluding hydrogens is 244 g/mol. The Morgan fingerprint density at radius 1 is 1.32 bits per heavy atom. The molecule has 1 heterocycles. The predicted octanol–water partition coefficient (Wildman–Crippen LogP) is 2.84. The predicted molar refractivity (Wildman–Crippen MR) is 72.2 cm³/mol. The molecule has 0 aliphatic heterocycles. The van der Waals surface area contributed by atoms with Crippen LogP contribution in [0.4, 0.5) is 11.4 Å². The lowest BCUT2D eigenvalue weighted by Gasteiger charge is -2.13. The van der Waals surface area contributed by atoms with Gasteiger partial charge in [0.25, 0.3) is 0 Å². The summed E-state index contributed by atoms with van der Waals surface area (Å²) in [7, 11) is 1.57. The SMILES string of the molecule is COc1ccc(C)cc1Nc1ccncc1C(=O)O. The highest BCUT2D eigenvalue weighted by Crippen LogP contribution is 2.29. The number of aromatic carboxylic acids is 1. The van der Waals surface area contributed by atoms with Crippen molar-refractivity contribution in [2.24, 2.45) is 0 Å². The minimum atomic E-state index is -1.03. The van der Waals surface area contributed by atoms with E-state index < -0.39 is 5.97 Å². The molecule has 2 rings (SSSR count). The number of nitrogens with zero attached hydrogens (tertiary/aromatic N) is 1. The number of carboxylic acids is 1. The zero-order valence-electron chi connectivity index (χ0n) is 10.7. The van der Waals surface area contributed by atoms with Crippen LogP contribution in [0.15, 0.2) is 36.7 Å². The van der Waals surface area contributed by atoms with Crippen molar-refractivity contribution in [3.05, 3.63) is 47.8 Å². The second-order valence-corrected chi connectivity index (χ2v) is 4.06. The van der Waals surface area contributed by atoms with E-state index in [9.17, 15) is 4.79 Å². The highest BCUT2D eigenvalue weighted by Gasteiger charge is 2.11. The van der Waals surface area contributed by atoms with Crippen LogP contribution in [0.2, 0.25) is 0 Å².